The highest BCUT2D eigenvalue weighted by molar-refractivity contribution is 8.03. The van der Waals surface area contributed by atoms with Gasteiger partial charge in [-0.25, -0.2) is 0 Å². The summed E-state index contributed by atoms with van der Waals surface area (Å²) >= 11 is 0. The molecule has 0 aliphatic carbocycles. The quantitative estimate of drug-likeness (QED) is 0.264. The average molecular weight is 635 g/mol. The summed E-state index contributed by atoms with van der Waals surface area (Å²) in [6.45, 7) is 36.4. The number of hydrogen-bond acceptors (Lipinski definition) is 4. The van der Waals surface area contributed by atoms with E-state index in [2.05, 4.69) is 106 Å². The van der Waals surface area contributed by atoms with Gasteiger partial charge in [0.25, 0.3) is 28.1 Å². The van der Waals surface area contributed by atoms with Gasteiger partial charge in [-0.15, -0.1) is 0 Å². The fourth-order valence-electron chi connectivity index (χ4n) is 9.08. The Morgan fingerprint density at radius 2 is 0.750 bits per heavy atom. The largest absolute Gasteiger partial charge is 0.521 e. The minimum absolute atomic E-state index is 0.0242. The average Bonchev–Trinajstić information content (AvgIpc) is 2.58. The zero-order valence-corrected chi connectivity index (χ0v) is 34.6. The first-order valence-corrected chi connectivity index (χ1v) is 42.0. The zero-order valence-electron chi connectivity index (χ0n) is 26.6. The molecule has 0 aromatic carbocycles. The Balaban J connectivity index is 4.39. The van der Waals surface area contributed by atoms with Crippen LogP contribution in [0.5, 0.6) is 0 Å². The molecule has 2 radical (unpaired) electrons. The van der Waals surface area contributed by atoms with Crippen LogP contribution in [0.15, 0.2) is 0 Å². The molecular formula is C24H58O4Si8. The van der Waals surface area contributed by atoms with Crippen molar-refractivity contribution >= 4 is 71.7 Å². The van der Waals surface area contributed by atoms with Crippen molar-refractivity contribution in [3.8, 4) is 0 Å². The van der Waals surface area contributed by atoms with Crippen molar-refractivity contribution in [3.63, 3.8) is 0 Å². The summed E-state index contributed by atoms with van der Waals surface area (Å²) in [6.07, 6.45) is 2.39. The van der Waals surface area contributed by atoms with E-state index in [4.69, 9.17) is 8.85 Å². The standard InChI is InChI=1S/C24H58O4Si8/c1-21(2)35(31(5,6)7,32(8,9)10)29-27-23(25)19-17-18-20-24(26)28-30(29)36(22(3)4,33(11,12)13)34(14,15)16/h21-22H,17-20H2,1-16H3. The fraction of sp³-hybridized carbons (Fsp3) is 0.917. The molecule has 0 aromatic rings. The van der Waals surface area contributed by atoms with Crippen LogP contribution in [0.4, 0.5) is 0 Å². The third-order valence-corrected chi connectivity index (χ3v) is 155. The van der Waals surface area contributed by atoms with Crippen molar-refractivity contribution in [2.45, 2.75) is 143 Å². The first-order chi connectivity index (χ1) is 15.9. The van der Waals surface area contributed by atoms with Crippen LogP contribution in [0.3, 0.4) is 0 Å². The fourth-order valence-corrected chi connectivity index (χ4v) is 233. The molecule has 1 heterocycles. The predicted octanol–water partition coefficient (Wildman–Crippen LogP) is 7.25. The highest BCUT2D eigenvalue weighted by Crippen LogP contribution is 2.47. The number of carbonyl (C=O) groups is 2. The smallest absolute Gasteiger partial charge is 0.292 e. The minimum Gasteiger partial charge on any atom is -0.521 e. The molecule has 1 saturated heterocycles. The van der Waals surface area contributed by atoms with E-state index in [0.29, 0.717) is 23.9 Å². The Hall–Kier alpha value is 0.675. The minimum atomic E-state index is -2.13. The summed E-state index contributed by atoms with van der Waals surface area (Å²) in [5.41, 5.74) is 1.09. The van der Waals surface area contributed by atoms with Crippen molar-refractivity contribution in [2.24, 2.45) is 0 Å². The number of hydrogen-bond donors (Lipinski definition) is 0. The highest BCUT2D eigenvalue weighted by Gasteiger charge is 2.75. The van der Waals surface area contributed by atoms with Crippen LogP contribution >= 0.6 is 0 Å². The maximum atomic E-state index is 13.6. The van der Waals surface area contributed by atoms with Crippen molar-refractivity contribution in [1.82, 2.24) is 0 Å². The molecule has 1 rings (SSSR count). The Kier molecular flexibility index (Phi) is 11.2. The normalized spacial score (nSPS) is 19.5. The molecule has 0 bridgehead atoms. The van der Waals surface area contributed by atoms with Gasteiger partial charge in [0, 0.05) is 43.2 Å². The van der Waals surface area contributed by atoms with E-state index >= 15 is 0 Å². The van der Waals surface area contributed by atoms with Crippen molar-refractivity contribution in [2.75, 3.05) is 0 Å². The van der Waals surface area contributed by atoms with Gasteiger partial charge in [0.1, 0.15) is 0 Å². The number of carbonyl (C=O) groups excluding carboxylic acids is 2. The molecule has 0 N–H and O–H groups in total. The van der Waals surface area contributed by atoms with Gasteiger partial charge in [-0.3, -0.25) is 9.59 Å². The first-order valence-electron chi connectivity index (χ1n) is 14.1. The van der Waals surface area contributed by atoms with Crippen LogP contribution < -0.4 is 0 Å². The van der Waals surface area contributed by atoms with Crippen LogP contribution in [-0.4, -0.2) is 71.7 Å². The van der Waals surface area contributed by atoms with Gasteiger partial charge in [0.15, 0.2) is 0 Å². The lowest BCUT2D eigenvalue weighted by molar-refractivity contribution is -0.137. The molecule has 210 valence electrons. The van der Waals surface area contributed by atoms with Gasteiger partial charge < -0.3 is 8.85 Å². The Labute approximate surface area is 232 Å². The summed E-state index contributed by atoms with van der Waals surface area (Å²) in [5.74, 6) is 0.0485. The summed E-state index contributed by atoms with van der Waals surface area (Å²) < 4.78 is 14.1. The molecule has 12 heteroatoms. The monoisotopic (exact) mass is 634 g/mol. The third-order valence-electron chi connectivity index (χ3n) is 8.83. The maximum Gasteiger partial charge on any atom is 0.292 e. The van der Waals surface area contributed by atoms with Crippen LogP contribution in [-0.2, 0) is 18.4 Å². The lowest BCUT2D eigenvalue weighted by Crippen LogP contribution is -2.93. The summed E-state index contributed by atoms with van der Waals surface area (Å²) in [5, 5.41) is 0. The van der Waals surface area contributed by atoms with Gasteiger partial charge in [0.05, 0.1) is 13.3 Å². The molecule has 1 fully saturated rings. The van der Waals surface area contributed by atoms with Gasteiger partial charge in [-0.1, -0.05) is 117 Å². The zero-order chi connectivity index (χ0) is 28.7. The van der Waals surface area contributed by atoms with E-state index in [1.54, 1.807) is 0 Å². The topological polar surface area (TPSA) is 52.6 Å². The third kappa shape index (κ3) is 6.19. The van der Waals surface area contributed by atoms with Crippen molar-refractivity contribution < 1.29 is 18.4 Å². The Morgan fingerprint density at radius 1 is 0.528 bits per heavy atom. The molecule has 0 unspecified atom stereocenters. The van der Waals surface area contributed by atoms with E-state index in [9.17, 15) is 9.59 Å². The van der Waals surface area contributed by atoms with Crippen LogP contribution in [0.2, 0.25) is 89.6 Å². The molecule has 1 aliphatic rings. The number of rotatable bonds is 8. The SMILES string of the molecule is CC(C)[Si]([Si]1OC(=O)CCCCC(=O)O[Si]1[Si](C(C)C)([Si](C)(C)C)[Si](C)(C)C)([Si](C)(C)C)[Si](C)(C)C. The molecule has 1 aliphatic heterocycles. The molecule has 0 saturated carbocycles. The van der Waals surface area contributed by atoms with Crippen molar-refractivity contribution in [3.05, 3.63) is 0 Å². The second-order valence-electron chi connectivity index (χ2n) is 15.7. The summed E-state index contributed by atoms with van der Waals surface area (Å²) in [6, 6.07) is 0. The predicted molar refractivity (Wildman–Crippen MR) is 177 cm³/mol. The van der Waals surface area contributed by atoms with E-state index in [0.717, 1.165) is 12.8 Å². The van der Waals surface area contributed by atoms with Crippen LogP contribution in [0.1, 0.15) is 53.4 Å². The molecule has 0 spiro atoms. The van der Waals surface area contributed by atoms with Gasteiger partial charge in [-0.2, -0.15) is 0 Å². The van der Waals surface area contributed by atoms with Gasteiger partial charge in [0.2, 0.25) is 0 Å². The van der Waals surface area contributed by atoms with Crippen LogP contribution in [0.25, 0.3) is 0 Å². The van der Waals surface area contributed by atoms with Crippen molar-refractivity contribution in [1.29, 1.82) is 0 Å². The molecule has 0 amide bonds. The summed E-state index contributed by atoms with van der Waals surface area (Å²) in [4.78, 5) is 27.3. The van der Waals surface area contributed by atoms with E-state index in [1.165, 1.54) is 0 Å². The van der Waals surface area contributed by atoms with E-state index in [1.807, 2.05) is 0 Å². The first kappa shape index (κ1) is 34.7. The molecular weight excluding hydrogens is 577 g/mol. The molecule has 0 atom stereocenters. The molecule has 36 heavy (non-hydrogen) atoms. The lowest BCUT2D eigenvalue weighted by atomic mass is 10.2. The second kappa shape index (κ2) is 11.7. The highest BCUT2D eigenvalue weighted by atomic mass is 30.2. The maximum absolute atomic E-state index is 13.6. The lowest BCUT2D eigenvalue weighted by Gasteiger charge is -2.61. The van der Waals surface area contributed by atoms with Crippen LogP contribution in [0, 0.1) is 0 Å². The Bertz CT molecular complexity index is 694. The second-order valence-corrected chi connectivity index (χ2v) is 90.7. The van der Waals surface area contributed by atoms with E-state index in [-0.39, 0.29) is 11.9 Å². The summed E-state index contributed by atoms with van der Waals surface area (Å²) in [7, 11) is -10.3. The Morgan fingerprint density at radius 3 is 0.917 bits per heavy atom. The van der Waals surface area contributed by atoms with Gasteiger partial charge in [-0.05, 0) is 12.8 Å². The van der Waals surface area contributed by atoms with Gasteiger partial charge >= 0.3 is 0 Å². The molecule has 4 nitrogen and oxygen atoms in total. The van der Waals surface area contributed by atoms with E-state index < -0.39 is 59.8 Å². The molecule has 0 aromatic heterocycles.